The molecular weight excluding hydrogens is 435 g/mol. The number of benzene rings is 1. The highest BCUT2D eigenvalue weighted by Gasteiger charge is 2.47. The normalized spacial score (nSPS) is 21.8. The Labute approximate surface area is 196 Å². The third-order valence-electron chi connectivity index (χ3n) is 7.51. The molecule has 1 amide bonds. The SMILES string of the molecule is COc1cc(C(=O)N2C[C@H]3CC[C@@H]2[C@@H]3N)cc2nc(-c3cc4cccnc4n3CCF)n(C)c12. The van der Waals surface area contributed by atoms with Crippen molar-refractivity contribution < 1.29 is 13.9 Å². The molecular formula is C25H27FN6O2. The number of piperidine rings is 1. The van der Waals surface area contributed by atoms with Crippen LogP contribution in [0.3, 0.4) is 0 Å². The van der Waals surface area contributed by atoms with Crippen molar-refractivity contribution in [2.24, 2.45) is 18.7 Å². The first-order chi connectivity index (χ1) is 16.5. The van der Waals surface area contributed by atoms with Crippen molar-refractivity contribution in [1.29, 1.82) is 0 Å². The van der Waals surface area contributed by atoms with Crippen molar-refractivity contribution in [1.82, 2.24) is 24.0 Å². The topological polar surface area (TPSA) is 91.2 Å². The first kappa shape index (κ1) is 21.1. The number of fused-ring (bicyclic) bond motifs is 4. The summed E-state index contributed by atoms with van der Waals surface area (Å²) < 4.78 is 22.9. The van der Waals surface area contributed by atoms with E-state index in [0.29, 0.717) is 40.8 Å². The highest BCUT2D eigenvalue weighted by Crippen LogP contribution is 2.39. The van der Waals surface area contributed by atoms with Crippen LogP contribution in [0, 0.1) is 5.92 Å². The summed E-state index contributed by atoms with van der Waals surface area (Å²) in [4.78, 5) is 24.7. The fraction of sp³-hybridized carbons (Fsp3) is 0.400. The van der Waals surface area contributed by atoms with E-state index in [2.05, 4.69) is 4.98 Å². The smallest absolute Gasteiger partial charge is 0.254 e. The Hall–Kier alpha value is -3.46. The number of hydrogen-bond acceptors (Lipinski definition) is 5. The maximum atomic E-state index is 13.4. The molecule has 1 aliphatic heterocycles. The summed E-state index contributed by atoms with van der Waals surface area (Å²) in [6.45, 7) is 0.367. The van der Waals surface area contributed by atoms with Crippen LogP contribution in [0.4, 0.5) is 4.39 Å². The Morgan fingerprint density at radius 3 is 2.85 bits per heavy atom. The number of nitrogens with two attached hydrogens (primary N) is 1. The summed E-state index contributed by atoms with van der Waals surface area (Å²) >= 11 is 0. The van der Waals surface area contributed by atoms with Crippen LogP contribution in [-0.4, -0.2) is 62.3 Å². The number of ether oxygens (including phenoxy) is 1. The van der Waals surface area contributed by atoms with Gasteiger partial charge in [0, 0.05) is 42.8 Å². The molecule has 1 saturated heterocycles. The number of hydrogen-bond donors (Lipinski definition) is 1. The molecule has 0 unspecified atom stereocenters. The van der Waals surface area contributed by atoms with E-state index >= 15 is 0 Å². The number of nitrogens with zero attached hydrogens (tertiary/aromatic N) is 5. The minimum absolute atomic E-state index is 0.0363. The minimum Gasteiger partial charge on any atom is -0.494 e. The average Bonchev–Trinajstić information content (AvgIpc) is 3.59. The van der Waals surface area contributed by atoms with Gasteiger partial charge in [-0.25, -0.2) is 14.4 Å². The summed E-state index contributed by atoms with van der Waals surface area (Å²) in [5, 5.41) is 0.918. The van der Waals surface area contributed by atoms with Crippen molar-refractivity contribution >= 4 is 28.0 Å². The molecule has 1 saturated carbocycles. The Morgan fingerprint density at radius 2 is 2.15 bits per heavy atom. The van der Waals surface area contributed by atoms with E-state index in [1.54, 1.807) is 19.4 Å². The maximum absolute atomic E-state index is 13.4. The molecule has 1 aliphatic carbocycles. The van der Waals surface area contributed by atoms with E-state index in [9.17, 15) is 9.18 Å². The quantitative estimate of drug-likeness (QED) is 0.492. The van der Waals surface area contributed by atoms with Crippen LogP contribution in [0.5, 0.6) is 5.75 Å². The van der Waals surface area contributed by atoms with Gasteiger partial charge < -0.3 is 24.5 Å². The highest BCUT2D eigenvalue weighted by atomic mass is 19.1. The molecule has 4 aromatic rings. The molecule has 8 nitrogen and oxygen atoms in total. The Balaban J connectivity index is 1.48. The van der Waals surface area contributed by atoms with Crippen molar-refractivity contribution in [3.8, 4) is 17.3 Å². The number of rotatable bonds is 5. The van der Waals surface area contributed by atoms with Crippen molar-refractivity contribution in [2.75, 3.05) is 20.3 Å². The van der Waals surface area contributed by atoms with Gasteiger partial charge in [-0.15, -0.1) is 0 Å². The van der Waals surface area contributed by atoms with E-state index in [0.717, 1.165) is 29.4 Å². The van der Waals surface area contributed by atoms with Gasteiger partial charge in [0.2, 0.25) is 0 Å². The number of carbonyl (C=O) groups is 1. The Bertz CT molecular complexity index is 1430. The molecule has 34 heavy (non-hydrogen) atoms. The molecule has 2 bridgehead atoms. The van der Waals surface area contributed by atoms with Crippen LogP contribution in [0.2, 0.25) is 0 Å². The van der Waals surface area contributed by atoms with Crippen LogP contribution in [0.25, 0.3) is 33.6 Å². The van der Waals surface area contributed by atoms with Crippen LogP contribution in [0.15, 0.2) is 36.5 Å². The van der Waals surface area contributed by atoms with E-state index in [1.165, 1.54) is 0 Å². The zero-order chi connectivity index (χ0) is 23.6. The molecule has 3 atom stereocenters. The molecule has 176 valence electrons. The van der Waals surface area contributed by atoms with Gasteiger partial charge in [0.25, 0.3) is 5.91 Å². The number of halogens is 1. The zero-order valence-electron chi connectivity index (χ0n) is 19.2. The first-order valence-corrected chi connectivity index (χ1v) is 11.6. The molecule has 1 aromatic carbocycles. The standard InChI is InChI=1S/C25H27FN6O2/c1-30-22-17(29-24(30)19-11-14-4-3-8-28-23(14)31(19)9-7-26)10-16(12-20(22)34-2)25(33)32-13-15-5-6-18(32)21(15)27/h3-4,8,10-12,15,18,21H,5-7,9,13,27H2,1-2H3/t15-,18-,21-/m1/s1. The minimum atomic E-state index is -0.514. The van der Waals surface area contributed by atoms with Crippen LogP contribution in [-0.2, 0) is 13.6 Å². The lowest BCUT2D eigenvalue weighted by Crippen LogP contribution is -2.41. The lowest BCUT2D eigenvalue weighted by atomic mass is 10.1. The van der Waals surface area contributed by atoms with Crippen LogP contribution in [0.1, 0.15) is 23.2 Å². The van der Waals surface area contributed by atoms with Gasteiger partial charge in [-0.2, -0.15) is 0 Å². The van der Waals surface area contributed by atoms with Crippen molar-refractivity contribution in [3.63, 3.8) is 0 Å². The van der Waals surface area contributed by atoms with Gasteiger partial charge in [-0.05, 0) is 49.1 Å². The fourth-order valence-electron chi connectivity index (χ4n) is 5.85. The van der Waals surface area contributed by atoms with E-state index in [-0.39, 0.29) is 24.5 Å². The third-order valence-corrected chi connectivity index (χ3v) is 7.51. The predicted octanol–water partition coefficient (Wildman–Crippen LogP) is 3.13. The number of aromatic nitrogens is 4. The van der Waals surface area contributed by atoms with Gasteiger partial charge in [-0.3, -0.25) is 4.79 Å². The first-order valence-electron chi connectivity index (χ1n) is 11.6. The fourth-order valence-corrected chi connectivity index (χ4v) is 5.85. The van der Waals surface area contributed by atoms with E-state index in [1.807, 2.05) is 45.3 Å². The molecule has 2 N–H and O–H groups in total. The summed E-state index contributed by atoms with van der Waals surface area (Å²) in [7, 11) is 3.49. The summed E-state index contributed by atoms with van der Waals surface area (Å²) in [6.07, 6.45) is 3.74. The summed E-state index contributed by atoms with van der Waals surface area (Å²) in [5.41, 5.74) is 9.78. The molecule has 4 heterocycles. The molecule has 0 spiro atoms. The van der Waals surface area contributed by atoms with Gasteiger partial charge >= 0.3 is 0 Å². The molecule has 2 aliphatic rings. The average molecular weight is 463 g/mol. The van der Waals surface area contributed by atoms with Gasteiger partial charge in [0.05, 0.1) is 24.9 Å². The van der Waals surface area contributed by atoms with Gasteiger partial charge in [-0.1, -0.05) is 0 Å². The van der Waals surface area contributed by atoms with Crippen LogP contribution >= 0.6 is 0 Å². The number of alkyl halides is 1. The predicted molar refractivity (Wildman–Crippen MR) is 127 cm³/mol. The Kier molecular flexibility index (Phi) is 4.84. The van der Waals surface area contributed by atoms with Crippen LogP contribution < -0.4 is 10.5 Å². The molecule has 9 heteroatoms. The lowest BCUT2D eigenvalue weighted by Gasteiger charge is -2.27. The summed E-state index contributed by atoms with van der Waals surface area (Å²) in [5.74, 6) is 1.58. The number of amides is 1. The number of aryl methyl sites for hydroxylation is 2. The maximum Gasteiger partial charge on any atom is 0.254 e. The molecule has 2 fully saturated rings. The molecule has 6 rings (SSSR count). The van der Waals surface area contributed by atoms with Crippen molar-refractivity contribution in [2.45, 2.75) is 31.5 Å². The van der Waals surface area contributed by atoms with Gasteiger partial charge in [0.1, 0.15) is 23.6 Å². The van der Waals surface area contributed by atoms with Gasteiger partial charge in [0.15, 0.2) is 5.82 Å². The number of likely N-dealkylation sites (tertiary alicyclic amines) is 1. The highest BCUT2D eigenvalue weighted by molar-refractivity contribution is 6.00. The summed E-state index contributed by atoms with van der Waals surface area (Å²) in [6, 6.07) is 9.55. The number of pyridine rings is 1. The molecule has 0 radical (unpaired) electrons. The largest absolute Gasteiger partial charge is 0.494 e. The second-order valence-corrected chi connectivity index (χ2v) is 9.27. The second kappa shape index (κ2) is 7.80. The number of imidazole rings is 1. The van der Waals surface area contributed by atoms with E-state index in [4.69, 9.17) is 15.5 Å². The van der Waals surface area contributed by atoms with Crippen molar-refractivity contribution in [3.05, 3.63) is 42.1 Å². The lowest BCUT2D eigenvalue weighted by molar-refractivity contribution is 0.0700. The number of methoxy groups -OCH3 is 1. The molecule has 3 aromatic heterocycles. The Morgan fingerprint density at radius 1 is 1.29 bits per heavy atom. The van der Waals surface area contributed by atoms with E-state index < -0.39 is 6.67 Å². The zero-order valence-corrected chi connectivity index (χ0v) is 19.2. The second-order valence-electron chi connectivity index (χ2n) is 9.27. The monoisotopic (exact) mass is 462 g/mol. The third kappa shape index (κ3) is 2.96. The number of carbonyl (C=O) groups excluding carboxylic acids is 1.